The van der Waals surface area contributed by atoms with E-state index < -0.39 is 11.0 Å². The predicted octanol–water partition coefficient (Wildman–Crippen LogP) is 2.91. The van der Waals surface area contributed by atoms with Gasteiger partial charge in [-0.2, -0.15) is 5.10 Å². The molecule has 2 unspecified atom stereocenters. The van der Waals surface area contributed by atoms with Crippen LogP contribution in [0.5, 0.6) is 11.5 Å². The maximum Gasteiger partial charge on any atom is 0.162 e. The molecule has 0 aliphatic carbocycles. The molecule has 2 aliphatic heterocycles. The number of benzene rings is 1. The number of ether oxygens (including phenoxy) is 2. The van der Waals surface area contributed by atoms with Gasteiger partial charge in [-0.15, -0.1) is 0 Å². The second kappa shape index (κ2) is 9.95. The van der Waals surface area contributed by atoms with E-state index in [0.717, 1.165) is 65.3 Å². The lowest BCUT2D eigenvalue weighted by molar-refractivity contribution is 0.0434. The first-order chi connectivity index (χ1) is 18.1. The maximum absolute atomic E-state index is 11.6. The quantitative estimate of drug-likeness (QED) is 0.373. The number of methoxy groups -OCH3 is 1. The van der Waals surface area contributed by atoms with E-state index in [1.165, 1.54) is 6.20 Å². The molecule has 0 saturated carbocycles. The molecule has 2 fully saturated rings. The number of aromatic amines is 1. The van der Waals surface area contributed by atoms with Crippen LogP contribution in [0.2, 0.25) is 0 Å². The number of nitrogens with zero attached hydrogens (tertiary/aromatic N) is 4. The van der Waals surface area contributed by atoms with Crippen molar-refractivity contribution in [3.05, 3.63) is 53.5 Å². The molecule has 0 radical (unpaired) electrons. The van der Waals surface area contributed by atoms with E-state index in [1.54, 1.807) is 13.4 Å². The summed E-state index contributed by atoms with van der Waals surface area (Å²) in [4.78, 5) is 6.99. The molecule has 5 N–H and O–H groups in total. The van der Waals surface area contributed by atoms with E-state index in [9.17, 15) is 4.21 Å². The van der Waals surface area contributed by atoms with Crippen LogP contribution in [0.4, 0.5) is 5.82 Å². The van der Waals surface area contributed by atoms with Crippen LogP contribution in [0.15, 0.2) is 53.5 Å². The summed E-state index contributed by atoms with van der Waals surface area (Å²) >= 11 is 0. The van der Waals surface area contributed by atoms with Crippen LogP contribution < -0.4 is 25.8 Å². The van der Waals surface area contributed by atoms with Gasteiger partial charge in [-0.1, -0.05) is 0 Å². The first kappa shape index (κ1) is 26.1. The Morgan fingerprint density at radius 3 is 2.53 bits per heavy atom. The summed E-state index contributed by atoms with van der Waals surface area (Å²) in [6, 6.07) is 7.88. The molecule has 2 aromatic heterocycles. The lowest BCUT2D eigenvalue weighted by Gasteiger charge is -2.59. The number of nitrogens with two attached hydrogens (primary N) is 2. The van der Waals surface area contributed by atoms with Crippen molar-refractivity contribution < 1.29 is 13.7 Å². The van der Waals surface area contributed by atoms with Gasteiger partial charge in [0.05, 0.1) is 23.6 Å². The van der Waals surface area contributed by atoms with Crippen molar-refractivity contribution in [2.75, 3.05) is 44.4 Å². The number of pyridine rings is 1. The molecule has 3 aromatic rings. The summed E-state index contributed by atoms with van der Waals surface area (Å²) in [7, 11) is 0.725. The van der Waals surface area contributed by atoms with Crippen molar-refractivity contribution in [2.24, 2.45) is 16.9 Å². The summed E-state index contributed by atoms with van der Waals surface area (Å²) in [6.45, 7) is 9.33. The number of rotatable bonds is 8. The van der Waals surface area contributed by atoms with E-state index in [4.69, 9.17) is 25.9 Å². The van der Waals surface area contributed by atoms with E-state index in [2.05, 4.69) is 15.1 Å². The highest BCUT2D eigenvalue weighted by atomic mass is 32.2. The Morgan fingerprint density at radius 2 is 1.95 bits per heavy atom. The smallest absolute Gasteiger partial charge is 0.162 e. The molecule has 1 spiro atoms. The normalized spacial score (nSPS) is 19.5. The van der Waals surface area contributed by atoms with Gasteiger partial charge in [-0.25, -0.2) is 13.5 Å². The van der Waals surface area contributed by atoms with Gasteiger partial charge < -0.3 is 25.8 Å². The molecule has 5 rings (SSSR count). The van der Waals surface area contributed by atoms with Gasteiger partial charge in [0.15, 0.2) is 11.5 Å². The zero-order valence-corrected chi connectivity index (χ0v) is 23.3. The molecule has 202 valence electrons. The number of anilines is 1. The first-order valence-electron chi connectivity index (χ1n) is 12.5. The summed E-state index contributed by atoms with van der Waals surface area (Å²) in [6.07, 6.45) is 4.78. The van der Waals surface area contributed by atoms with Gasteiger partial charge in [0.1, 0.15) is 17.6 Å². The Kier molecular flexibility index (Phi) is 6.83. The number of H-pyrrole nitrogens is 1. The van der Waals surface area contributed by atoms with Crippen LogP contribution in [0.3, 0.4) is 0 Å². The minimum atomic E-state index is -0.883. The van der Waals surface area contributed by atoms with Gasteiger partial charge >= 0.3 is 0 Å². The zero-order chi connectivity index (χ0) is 27.2. The summed E-state index contributed by atoms with van der Waals surface area (Å²) in [5.74, 6) is 2.11. The highest BCUT2D eigenvalue weighted by molar-refractivity contribution is 7.81. The summed E-state index contributed by atoms with van der Waals surface area (Å²) in [5.41, 5.74) is 17.0. The Bertz CT molecular complexity index is 1430. The molecule has 2 aliphatic rings. The minimum Gasteiger partial charge on any atom is -0.493 e. The Hall–Kier alpha value is -3.57. The monoisotopic (exact) mass is 537 g/mol. The Balaban J connectivity index is 1.37. The fourth-order valence-corrected chi connectivity index (χ4v) is 6.42. The van der Waals surface area contributed by atoms with Crippen LogP contribution >= 0.6 is 0 Å². The number of allylic oxidation sites excluding steroid dienone is 1. The second-order valence-electron chi connectivity index (χ2n) is 10.3. The average Bonchev–Trinajstić information content (AvgIpc) is 3.24. The van der Waals surface area contributed by atoms with Crippen LogP contribution in [0.1, 0.15) is 20.8 Å². The van der Waals surface area contributed by atoms with Crippen LogP contribution in [0, 0.1) is 5.41 Å². The lowest BCUT2D eigenvalue weighted by Crippen LogP contribution is -2.72. The third kappa shape index (κ3) is 4.60. The fraction of sp³-hybridized carbons (Fsp3) is 0.407. The Morgan fingerprint density at radius 1 is 1.21 bits per heavy atom. The molecule has 2 atom stereocenters. The van der Waals surface area contributed by atoms with Crippen LogP contribution in [-0.2, 0) is 11.0 Å². The van der Waals surface area contributed by atoms with Crippen molar-refractivity contribution in [2.45, 2.75) is 26.9 Å². The number of hydrogen-bond donors (Lipinski definition) is 3. The van der Waals surface area contributed by atoms with Gasteiger partial charge in [0.2, 0.25) is 0 Å². The standard InChI is InChI=1S/C27H35N7O3S/c1-16(10-28)25(17(2)29)18(3)37-23-8-20-21(9-22(23)36-4)31-32-26(20)19-6-7-24(30-11-19)33-12-27(13-33)14-34(15-27)38(5)35/h6-11,18H,12-15,28-29H2,1-5H3,(H,31,32)/b16-10-,25-17+. The molecule has 11 heteroatoms. The third-order valence-electron chi connectivity index (χ3n) is 7.44. The minimum absolute atomic E-state index is 0.257. The molecule has 4 heterocycles. The van der Waals surface area contributed by atoms with Gasteiger partial charge in [0, 0.05) is 72.3 Å². The number of fused-ring (bicyclic) bond motifs is 1. The fourth-order valence-electron chi connectivity index (χ4n) is 5.51. The van der Waals surface area contributed by atoms with E-state index >= 15 is 0 Å². The van der Waals surface area contributed by atoms with E-state index in [1.807, 2.05) is 55.5 Å². The van der Waals surface area contributed by atoms with Crippen molar-refractivity contribution in [3.63, 3.8) is 0 Å². The molecular formula is C27H35N7O3S. The summed E-state index contributed by atoms with van der Waals surface area (Å²) < 4.78 is 25.6. The zero-order valence-electron chi connectivity index (χ0n) is 22.4. The first-order valence-corrected chi connectivity index (χ1v) is 14.0. The van der Waals surface area contributed by atoms with Gasteiger partial charge in [0.25, 0.3) is 0 Å². The van der Waals surface area contributed by atoms with Crippen LogP contribution in [0.25, 0.3) is 22.2 Å². The van der Waals surface area contributed by atoms with Crippen molar-refractivity contribution in [1.82, 2.24) is 19.5 Å². The number of hydrogen-bond acceptors (Lipinski definition) is 8. The highest BCUT2D eigenvalue weighted by Gasteiger charge is 2.53. The molecule has 0 amide bonds. The number of aromatic nitrogens is 3. The SMILES string of the molecule is COc1cc2[nH]nc(-c3ccc(N4CC5(C4)CN(S(C)=O)C5)nc3)c2cc1OC(C)C(/C(C)=C\N)=C(\C)N. The molecule has 0 bridgehead atoms. The molecule has 10 nitrogen and oxygen atoms in total. The Labute approximate surface area is 225 Å². The van der Waals surface area contributed by atoms with Crippen molar-refractivity contribution >= 4 is 27.7 Å². The molecule has 2 saturated heterocycles. The number of nitrogens with one attached hydrogen (secondary N) is 1. The largest absolute Gasteiger partial charge is 0.493 e. The van der Waals surface area contributed by atoms with E-state index in [-0.39, 0.29) is 11.5 Å². The molecular weight excluding hydrogens is 502 g/mol. The van der Waals surface area contributed by atoms with Gasteiger partial charge in [-0.3, -0.25) is 5.10 Å². The topological polar surface area (TPSA) is 136 Å². The van der Waals surface area contributed by atoms with Crippen molar-refractivity contribution in [3.8, 4) is 22.8 Å². The lowest BCUT2D eigenvalue weighted by atomic mass is 9.74. The summed E-state index contributed by atoms with van der Waals surface area (Å²) in [5, 5.41) is 8.56. The van der Waals surface area contributed by atoms with Crippen molar-refractivity contribution in [1.29, 1.82) is 0 Å². The average molecular weight is 538 g/mol. The van der Waals surface area contributed by atoms with E-state index in [0.29, 0.717) is 17.2 Å². The van der Waals surface area contributed by atoms with Gasteiger partial charge in [-0.05, 0) is 50.7 Å². The molecule has 38 heavy (non-hydrogen) atoms. The second-order valence-corrected chi connectivity index (χ2v) is 11.7. The third-order valence-corrected chi connectivity index (χ3v) is 8.43. The van der Waals surface area contributed by atoms with Crippen LogP contribution in [-0.4, -0.2) is 69.3 Å². The predicted molar refractivity (Wildman–Crippen MR) is 151 cm³/mol. The molecule has 1 aromatic carbocycles. The highest BCUT2D eigenvalue weighted by Crippen LogP contribution is 2.42. The maximum atomic E-state index is 11.6.